The van der Waals surface area contributed by atoms with Crippen LogP contribution in [0.25, 0.3) is 17.2 Å². The van der Waals surface area contributed by atoms with Crippen LogP contribution in [0.4, 0.5) is 13.2 Å². The molecule has 0 fully saturated rings. The second kappa shape index (κ2) is 7.20. The standard InChI is InChI=1S/C16H11ClF3N3O3S/c17-12-7-5-11(6-8-12)9-13(26-27(24,25)16(18,19)20)10-23-15-4-2-1-3-14(15)21-22-23/h1-8,10H,9H2. The summed E-state index contributed by atoms with van der Waals surface area (Å²) in [6.07, 6.45) is 0.813. The maximum absolute atomic E-state index is 12.7. The molecule has 3 rings (SSSR count). The van der Waals surface area contributed by atoms with Crippen LogP contribution in [0.15, 0.2) is 54.3 Å². The summed E-state index contributed by atoms with van der Waals surface area (Å²) in [5, 5.41) is 8.08. The second-order valence-corrected chi connectivity index (χ2v) is 7.38. The van der Waals surface area contributed by atoms with E-state index in [1.807, 2.05) is 0 Å². The molecular formula is C16H11ClF3N3O3S. The van der Waals surface area contributed by atoms with Crippen molar-refractivity contribution in [2.45, 2.75) is 11.9 Å². The zero-order valence-electron chi connectivity index (χ0n) is 13.4. The Kier molecular flexibility index (Phi) is 5.11. The summed E-state index contributed by atoms with van der Waals surface area (Å²) in [6, 6.07) is 12.8. The van der Waals surface area contributed by atoms with Gasteiger partial charge in [0.15, 0.2) is 0 Å². The van der Waals surface area contributed by atoms with Crippen molar-refractivity contribution in [2.75, 3.05) is 0 Å². The largest absolute Gasteiger partial charge is 0.534 e. The van der Waals surface area contributed by atoms with Crippen molar-refractivity contribution in [1.82, 2.24) is 15.0 Å². The molecule has 0 amide bonds. The van der Waals surface area contributed by atoms with E-state index in [0.29, 0.717) is 21.6 Å². The van der Waals surface area contributed by atoms with E-state index in [1.165, 1.54) is 12.1 Å². The highest BCUT2D eigenvalue weighted by Gasteiger charge is 2.48. The highest BCUT2D eigenvalue weighted by molar-refractivity contribution is 7.87. The zero-order valence-corrected chi connectivity index (χ0v) is 15.0. The Morgan fingerprint density at radius 1 is 1.15 bits per heavy atom. The van der Waals surface area contributed by atoms with Crippen molar-refractivity contribution in [3.8, 4) is 0 Å². The molecular weight excluding hydrogens is 407 g/mol. The van der Waals surface area contributed by atoms with Gasteiger partial charge in [0.25, 0.3) is 0 Å². The molecule has 27 heavy (non-hydrogen) atoms. The summed E-state index contributed by atoms with van der Waals surface area (Å²) in [6.45, 7) is 0. The molecule has 3 aromatic rings. The molecule has 0 saturated heterocycles. The van der Waals surface area contributed by atoms with Crippen molar-refractivity contribution in [3.63, 3.8) is 0 Å². The van der Waals surface area contributed by atoms with Gasteiger partial charge in [-0.05, 0) is 29.8 Å². The number of nitrogens with zero attached hydrogens (tertiary/aromatic N) is 3. The van der Waals surface area contributed by atoms with Crippen LogP contribution in [-0.4, -0.2) is 28.9 Å². The van der Waals surface area contributed by atoms with Crippen LogP contribution >= 0.6 is 11.6 Å². The number of alkyl halides is 3. The lowest BCUT2D eigenvalue weighted by molar-refractivity contribution is -0.0522. The topological polar surface area (TPSA) is 74.1 Å². The number of benzene rings is 2. The molecule has 2 aromatic carbocycles. The second-order valence-electron chi connectivity index (χ2n) is 5.40. The SMILES string of the molecule is O=S(=O)(OC(=Cn1nnc2ccccc21)Cc1ccc(Cl)cc1)C(F)(F)F. The van der Waals surface area contributed by atoms with E-state index >= 15 is 0 Å². The van der Waals surface area contributed by atoms with Crippen LogP contribution in [0.2, 0.25) is 5.02 Å². The van der Waals surface area contributed by atoms with Gasteiger partial charge in [0.05, 0.1) is 11.7 Å². The lowest BCUT2D eigenvalue weighted by atomic mass is 10.1. The number of hydrogen-bond donors (Lipinski definition) is 0. The fourth-order valence-electron chi connectivity index (χ4n) is 2.21. The number of fused-ring (bicyclic) bond motifs is 1. The molecule has 0 N–H and O–H groups in total. The third-order valence-corrected chi connectivity index (χ3v) is 4.69. The first-order valence-corrected chi connectivity index (χ1v) is 9.20. The highest BCUT2D eigenvalue weighted by Crippen LogP contribution is 2.28. The summed E-state index contributed by atoms with van der Waals surface area (Å²) in [7, 11) is -5.84. The minimum Gasteiger partial charge on any atom is -0.379 e. The molecule has 1 aromatic heterocycles. The van der Waals surface area contributed by atoms with Gasteiger partial charge in [0.1, 0.15) is 11.3 Å². The zero-order chi connectivity index (χ0) is 19.7. The number of para-hydroxylation sites is 1. The Labute approximate surface area is 156 Å². The van der Waals surface area contributed by atoms with Gasteiger partial charge in [-0.3, -0.25) is 0 Å². The van der Waals surface area contributed by atoms with Crippen molar-refractivity contribution in [3.05, 3.63) is 64.9 Å². The number of allylic oxidation sites excluding steroid dienone is 1. The Morgan fingerprint density at radius 2 is 1.81 bits per heavy atom. The minimum absolute atomic E-state index is 0.235. The molecule has 142 valence electrons. The molecule has 0 atom stereocenters. The van der Waals surface area contributed by atoms with Gasteiger partial charge < -0.3 is 4.18 Å². The molecule has 0 aliphatic rings. The summed E-state index contributed by atoms with van der Waals surface area (Å²) >= 11 is 5.78. The highest BCUT2D eigenvalue weighted by atomic mass is 35.5. The molecule has 0 aliphatic carbocycles. The first-order valence-electron chi connectivity index (χ1n) is 7.41. The molecule has 6 nitrogen and oxygen atoms in total. The molecule has 0 radical (unpaired) electrons. The van der Waals surface area contributed by atoms with Gasteiger partial charge in [-0.15, -0.1) is 5.10 Å². The third-order valence-electron chi connectivity index (χ3n) is 3.44. The van der Waals surface area contributed by atoms with Crippen molar-refractivity contribution in [2.24, 2.45) is 0 Å². The first-order chi connectivity index (χ1) is 12.7. The van der Waals surface area contributed by atoms with E-state index in [9.17, 15) is 21.6 Å². The molecule has 0 saturated carbocycles. The monoisotopic (exact) mass is 417 g/mol. The van der Waals surface area contributed by atoms with Gasteiger partial charge >= 0.3 is 15.6 Å². The number of halogens is 4. The normalized spacial score (nSPS) is 13.1. The minimum atomic E-state index is -5.84. The van der Waals surface area contributed by atoms with E-state index in [2.05, 4.69) is 14.5 Å². The Bertz CT molecular complexity index is 1090. The van der Waals surface area contributed by atoms with Crippen LogP contribution in [0, 0.1) is 0 Å². The van der Waals surface area contributed by atoms with Gasteiger partial charge in [0, 0.05) is 11.4 Å². The van der Waals surface area contributed by atoms with Crippen molar-refractivity contribution < 1.29 is 25.8 Å². The van der Waals surface area contributed by atoms with Crippen LogP contribution in [-0.2, 0) is 20.7 Å². The Hall–Kier alpha value is -2.59. The molecule has 11 heteroatoms. The summed E-state index contributed by atoms with van der Waals surface area (Å²) < 4.78 is 66.6. The van der Waals surface area contributed by atoms with E-state index in [0.717, 1.165) is 10.9 Å². The Morgan fingerprint density at radius 3 is 2.48 bits per heavy atom. The van der Waals surface area contributed by atoms with E-state index < -0.39 is 21.4 Å². The number of aromatic nitrogens is 3. The van der Waals surface area contributed by atoms with Crippen LogP contribution in [0.1, 0.15) is 5.56 Å². The maximum atomic E-state index is 12.7. The van der Waals surface area contributed by atoms with Crippen LogP contribution in [0.3, 0.4) is 0 Å². The van der Waals surface area contributed by atoms with Gasteiger partial charge in [0.2, 0.25) is 0 Å². The lowest BCUT2D eigenvalue weighted by Gasteiger charge is -2.13. The predicted molar refractivity (Wildman–Crippen MR) is 93.0 cm³/mol. The fourth-order valence-corrected chi connectivity index (χ4v) is 2.81. The summed E-state index contributed by atoms with van der Waals surface area (Å²) in [5.41, 5.74) is -4.11. The Balaban J connectivity index is 2.02. The summed E-state index contributed by atoms with van der Waals surface area (Å²) in [4.78, 5) is 0. The third kappa shape index (κ3) is 4.40. The van der Waals surface area contributed by atoms with Crippen molar-refractivity contribution in [1.29, 1.82) is 0 Å². The fraction of sp³-hybridized carbons (Fsp3) is 0.125. The average molecular weight is 418 g/mol. The number of hydrogen-bond acceptors (Lipinski definition) is 5. The maximum Gasteiger partial charge on any atom is 0.534 e. The van der Waals surface area contributed by atoms with Gasteiger partial charge in [-0.2, -0.15) is 21.6 Å². The van der Waals surface area contributed by atoms with E-state index in [1.54, 1.807) is 36.4 Å². The number of rotatable bonds is 5. The molecule has 0 spiro atoms. The van der Waals surface area contributed by atoms with E-state index in [-0.39, 0.29) is 6.42 Å². The van der Waals surface area contributed by atoms with Gasteiger partial charge in [-0.1, -0.05) is 41.1 Å². The average Bonchev–Trinajstić information content (AvgIpc) is 2.99. The van der Waals surface area contributed by atoms with Crippen LogP contribution in [0.5, 0.6) is 0 Å². The molecule has 0 bridgehead atoms. The van der Waals surface area contributed by atoms with E-state index in [4.69, 9.17) is 11.6 Å². The smallest absolute Gasteiger partial charge is 0.379 e. The lowest BCUT2D eigenvalue weighted by Crippen LogP contribution is -2.25. The first kappa shape index (κ1) is 19.2. The quantitative estimate of drug-likeness (QED) is 0.356. The van der Waals surface area contributed by atoms with Crippen LogP contribution < -0.4 is 0 Å². The van der Waals surface area contributed by atoms with Gasteiger partial charge in [-0.25, -0.2) is 4.68 Å². The molecule has 0 aliphatic heterocycles. The molecule has 0 unspecified atom stereocenters. The molecule has 1 heterocycles. The predicted octanol–water partition coefficient (Wildman–Crippen LogP) is 3.99. The van der Waals surface area contributed by atoms with Crippen molar-refractivity contribution >= 4 is 39.0 Å². The summed E-state index contributed by atoms with van der Waals surface area (Å²) in [5.74, 6) is -0.481.